The molecule has 12 heteroatoms. The molecule has 1 amide bonds. The minimum absolute atomic E-state index is 0.229. The van der Waals surface area contributed by atoms with Gasteiger partial charge in [0.25, 0.3) is 5.91 Å². The van der Waals surface area contributed by atoms with Gasteiger partial charge in [0.15, 0.2) is 23.1 Å². The highest BCUT2D eigenvalue weighted by atomic mass is 19.2. The van der Waals surface area contributed by atoms with Crippen LogP contribution in [0.1, 0.15) is 48.0 Å². The van der Waals surface area contributed by atoms with Crippen molar-refractivity contribution in [3.05, 3.63) is 77.4 Å². The molecule has 0 spiro atoms. The van der Waals surface area contributed by atoms with Crippen LogP contribution in [0.2, 0.25) is 0 Å². The molecule has 5 rings (SSSR count). The highest BCUT2D eigenvalue weighted by Crippen LogP contribution is 2.38. The Labute approximate surface area is 286 Å². The van der Waals surface area contributed by atoms with Crippen molar-refractivity contribution >= 4 is 22.9 Å². The van der Waals surface area contributed by atoms with Crippen molar-refractivity contribution in [2.45, 2.75) is 44.7 Å². The van der Waals surface area contributed by atoms with Gasteiger partial charge in [-0.15, -0.1) is 0 Å². The lowest BCUT2D eigenvalue weighted by Crippen LogP contribution is -2.40. The molecule has 0 aliphatic carbocycles. The van der Waals surface area contributed by atoms with Crippen LogP contribution in [0.5, 0.6) is 17.2 Å². The molecule has 1 fully saturated rings. The monoisotopic (exact) mass is 679 g/mol. The number of para-hydroxylation sites is 2. The third-order valence-electron chi connectivity index (χ3n) is 9.20. The topological polar surface area (TPSA) is 90.3 Å². The normalized spacial score (nSPS) is 14.5. The fourth-order valence-corrected chi connectivity index (χ4v) is 6.50. The van der Waals surface area contributed by atoms with Crippen molar-refractivity contribution in [2.24, 2.45) is 0 Å². The van der Waals surface area contributed by atoms with Gasteiger partial charge in [0.05, 0.1) is 39.0 Å². The number of piperidine rings is 1. The first-order valence-electron chi connectivity index (χ1n) is 16.8. The highest BCUT2D eigenvalue weighted by Gasteiger charge is 2.26. The van der Waals surface area contributed by atoms with Crippen LogP contribution in [-0.2, 0) is 11.3 Å². The molecular formula is C37H47F2N5O5. The summed E-state index contributed by atoms with van der Waals surface area (Å²) in [4.78, 5) is 22.5. The van der Waals surface area contributed by atoms with Crippen molar-refractivity contribution in [2.75, 3.05) is 73.1 Å². The summed E-state index contributed by atoms with van der Waals surface area (Å²) in [6.07, 6.45) is 2.53. The molecule has 1 atom stereocenters. The standard InChI is InChI=1S/C37H47F2N5O5/c1-6-49-20-19-44-32-10-8-7-9-31(32)41-37(44)40-28-14-17-43(18-15-28)16-13-26(25-11-12-29(38)30(39)21-25)24-42(2)36(45)27-22-33(46-3)35(48-5)34(23-27)47-4/h7-12,21-23,26,28H,6,13-20,24H2,1-5H3,(H,40,41). The number of carbonyl (C=O) groups is 1. The Morgan fingerprint density at radius 1 is 0.980 bits per heavy atom. The summed E-state index contributed by atoms with van der Waals surface area (Å²) < 4.78 is 52.4. The number of hydrogen-bond acceptors (Lipinski definition) is 8. The number of benzene rings is 3. The van der Waals surface area contributed by atoms with Gasteiger partial charge in [0.1, 0.15) is 0 Å². The van der Waals surface area contributed by atoms with E-state index in [0.717, 1.165) is 62.1 Å². The van der Waals surface area contributed by atoms with E-state index < -0.39 is 11.6 Å². The molecule has 10 nitrogen and oxygen atoms in total. The SMILES string of the molecule is CCOCCn1c(NC2CCN(CCC(CN(C)C(=O)c3cc(OC)c(OC)c(OC)c3)c3ccc(F)c(F)c3)CC2)nc2ccccc21. The zero-order valence-electron chi connectivity index (χ0n) is 29.0. The van der Waals surface area contributed by atoms with E-state index in [9.17, 15) is 13.6 Å². The maximum absolute atomic E-state index is 14.4. The van der Waals surface area contributed by atoms with Gasteiger partial charge in [-0.3, -0.25) is 4.79 Å². The molecule has 3 aromatic carbocycles. The Hall–Kier alpha value is -4.42. The summed E-state index contributed by atoms with van der Waals surface area (Å²) in [6, 6.07) is 15.6. The van der Waals surface area contributed by atoms with Crippen LogP contribution in [0, 0.1) is 11.6 Å². The highest BCUT2D eigenvalue weighted by molar-refractivity contribution is 5.95. The zero-order chi connectivity index (χ0) is 34.9. The lowest BCUT2D eigenvalue weighted by Gasteiger charge is -2.34. The number of imidazole rings is 1. The predicted molar refractivity (Wildman–Crippen MR) is 186 cm³/mol. The van der Waals surface area contributed by atoms with Crippen LogP contribution in [-0.4, -0.2) is 99.1 Å². The molecular weight excluding hydrogens is 632 g/mol. The first-order valence-corrected chi connectivity index (χ1v) is 16.8. The summed E-state index contributed by atoms with van der Waals surface area (Å²) in [5.74, 6) is -0.294. The van der Waals surface area contributed by atoms with Crippen LogP contribution in [0.15, 0.2) is 54.6 Å². The van der Waals surface area contributed by atoms with Crippen LogP contribution in [0.3, 0.4) is 0 Å². The maximum Gasteiger partial charge on any atom is 0.253 e. The smallest absolute Gasteiger partial charge is 0.253 e. The Kier molecular flexibility index (Phi) is 12.3. The fourth-order valence-electron chi connectivity index (χ4n) is 6.50. The largest absolute Gasteiger partial charge is 0.493 e. The quantitative estimate of drug-likeness (QED) is 0.140. The summed E-state index contributed by atoms with van der Waals surface area (Å²) in [5, 5.41) is 3.69. The molecule has 49 heavy (non-hydrogen) atoms. The number of rotatable bonds is 16. The van der Waals surface area contributed by atoms with E-state index >= 15 is 0 Å². The van der Waals surface area contributed by atoms with E-state index in [1.165, 1.54) is 27.4 Å². The minimum Gasteiger partial charge on any atom is -0.493 e. The van der Waals surface area contributed by atoms with E-state index in [4.69, 9.17) is 23.9 Å². The van der Waals surface area contributed by atoms with Crippen molar-refractivity contribution < 1.29 is 32.5 Å². The molecule has 1 unspecified atom stereocenters. The van der Waals surface area contributed by atoms with E-state index in [-0.39, 0.29) is 17.9 Å². The molecule has 1 saturated heterocycles. The second kappa shape index (κ2) is 16.8. The van der Waals surface area contributed by atoms with Crippen LogP contribution in [0.4, 0.5) is 14.7 Å². The average Bonchev–Trinajstić information content (AvgIpc) is 3.47. The molecule has 1 aliphatic rings. The van der Waals surface area contributed by atoms with E-state index in [0.29, 0.717) is 54.6 Å². The number of likely N-dealkylation sites (tertiary alicyclic amines) is 1. The number of carbonyl (C=O) groups excluding carboxylic acids is 1. The number of fused-ring (bicyclic) bond motifs is 1. The first kappa shape index (κ1) is 35.9. The predicted octanol–water partition coefficient (Wildman–Crippen LogP) is 6.20. The molecule has 264 valence electrons. The van der Waals surface area contributed by atoms with Crippen LogP contribution >= 0.6 is 0 Å². The fraction of sp³-hybridized carbons (Fsp3) is 0.459. The molecule has 0 saturated carbocycles. The van der Waals surface area contributed by atoms with Gasteiger partial charge in [-0.2, -0.15) is 0 Å². The number of amides is 1. The van der Waals surface area contributed by atoms with Crippen molar-refractivity contribution in [3.63, 3.8) is 0 Å². The molecule has 1 aromatic heterocycles. The van der Waals surface area contributed by atoms with E-state index in [1.54, 1.807) is 30.1 Å². The van der Waals surface area contributed by atoms with Gasteiger partial charge >= 0.3 is 0 Å². The number of nitrogens with zero attached hydrogens (tertiary/aromatic N) is 4. The Morgan fingerprint density at radius 3 is 2.35 bits per heavy atom. The molecule has 4 aromatic rings. The first-order chi connectivity index (χ1) is 23.8. The second-order valence-corrected chi connectivity index (χ2v) is 12.3. The Balaban J connectivity index is 1.24. The van der Waals surface area contributed by atoms with Crippen LogP contribution < -0.4 is 19.5 Å². The Morgan fingerprint density at radius 2 is 1.69 bits per heavy atom. The molecule has 2 heterocycles. The number of halogens is 2. The average molecular weight is 680 g/mol. The summed E-state index contributed by atoms with van der Waals surface area (Å²) >= 11 is 0. The summed E-state index contributed by atoms with van der Waals surface area (Å²) in [5.41, 5.74) is 3.04. The summed E-state index contributed by atoms with van der Waals surface area (Å²) in [6.45, 7) is 6.80. The number of nitrogens with one attached hydrogen (secondary N) is 1. The zero-order valence-corrected chi connectivity index (χ0v) is 29.0. The molecule has 0 bridgehead atoms. The van der Waals surface area contributed by atoms with Gasteiger partial charge in [-0.05, 0) is 74.7 Å². The maximum atomic E-state index is 14.4. The lowest BCUT2D eigenvalue weighted by molar-refractivity contribution is 0.0781. The van der Waals surface area contributed by atoms with Gasteiger partial charge in [-0.25, -0.2) is 13.8 Å². The lowest BCUT2D eigenvalue weighted by atomic mass is 9.93. The molecule has 0 radical (unpaired) electrons. The third kappa shape index (κ3) is 8.60. The minimum atomic E-state index is -0.903. The van der Waals surface area contributed by atoms with Gasteiger partial charge < -0.3 is 38.6 Å². The van der Waals surface area contributed by atoms with Crippen molar-refractivity contribution in [1.82, 2.24) is 19.4 Å². The third-order valence-corrected chi connectivity index (χ3v) is 9.20. The van der Waals surface area contributed by atoms with Gasteiger partial charge in [0, 0.05) is 57.4 Å². The van der Waals surface area contributed by atoms with Gasteiger partial charge in [-0.1, -0.05) is 18.2 Å². The number of hydrogen-bond donors (Lipinski definition) is 1. The van der Waals surface area contributed by atoms with Crippen molar-refractivity contribution in [1.29, 1.82) is 0 Å². The van der Waals surface area contributed by atoms with E-state index in [1.807, 2.05) is 25.1 Å². The second-order valence-electron chi connectivity index (χ2n) is 12.3. The Bertz CT molecular complexity index is 1680. The number of likely N-dealkylation sites (N-methyl/N-ethyl adjacent to an activating group) is 1. The number of anilines is 1. The van der Waals surface area contributed by atoms with Gasteiger partial charge in [0.2, 0.25) is 11.7 Å². The molecule has 1 aliphatic heterocycles. The van der Waals surface area contributed by atoms with Crippen LogP contribution in [0.25, 0.3) is 11.0 Å². The van der Waals surface area contributed by atoms with E-state index in [2.05, 4.69) is 20.9 Å². The number of ether oxygens (including phenoxy) is 4. The van der Waals surface area contributed by atoms with Crippen molar-refractivity contribution in [3.8, 4) is 17.2 Å². The number of aromatic nitrogens is 2. The summed E-state index contributed by atoms with van der Waals surface area (Å²) in [7, 11) is 6.20. The number of methoxy groups -OCH3 is 3. The molecule has 1 N–H and O–H groups in total.